The van der Waals surface area contributed by atoms with Crippen LogP contribution in [-0.4, -0.2) is 19.8 Å². The van der Waals surface area contributed by atoms with Crippen molar-refractivity contribution < 1.29 is 18.3 Å². The van der Waals surface area contributed by atoms with Gasteiger partial charge >= 0.3 is 7.60 Å². The lowest BCUT2D eigenvalue weighted by molar-refractivity contribution is 0.141. The maximum absolute atomic E-state index is 13.3. The minimum atomic E-state index is -3.32. The van der Waals surface area contributed by atoms with Crippen LogP contribution in [0, 0.1) is 0 Å². The molecule has 134 valence electrons. The number of hydrogen-bond acceptors (Lipinski definition) is 5. The Hall–Kier alpha value is -1.33. The summed E-state index contributed by atoms with van der Waals surface area (Å²) in [4.78, 5) is 0. The van der Waals surface area contributed by atoms with Crippen molar-refractivity contribution >= 4 is 29.2 Å². The van der Waals surface area contributed by atoms with Gasteiger partial charge in [0.05, 0.1) is 19.8 Å². The van der Waals surface area contributed by atoms with Gasteiger partial charge in [0.2, 0.25) is 0 Å². The normalized spacial score (nSPS) is 17.7. The smallest absolute Gasteiger partial charge is 0.357 e. The van der Waals surface area contributed by atoms with E-state index in [1.54, 1.807) is 0 Å². The third kappa shape index (κ3) is 4.64. The zero-order valence-electron chi connectivity index (χ0n) is 14.0. The molecular weight excluding hydrogens is 405 g/mol. The number of hydrogen-bond donors (Lipinski definition) is 1. The molecule has 1 aliphatic heterocycles. The summed E-state index contributed by atoms with van der Waals surface area (Å²) in [5.41, 5.74) is 1.67. The van der Waals surface area contributed by atoms with E-state index in [4.69, 9.17) is 13.8 Å². The van der Waals surface area contributed by atoms with Crippen LogP contribution in [0.4, 0.5) is 5.69 Å². The van der Waals surface area contributed by atoms with Crippen molar-refractivity contribution in [1.29, 1.82) is 0 Å². The third-order valence-corrected chi connectivity index (χ3v) is 6.48. The lowest BCUT2D eigenvalue weighted by atomic mass is 10.2. The predicted octanol–water partition coefficient (Wildman–Crippen LogP) is 5.59. The first-order valence-electron chi connectivity index (χ1n) is 8.24. The fourth-order valence-corrected chi connectivity index (χ4v) is 4.84. The molecular formula is C18H21BrNO4P. The summed E-state index contributed by atoms with van der Waals surface area (Å²) >= 11 is 3.42. The van der Waals surface area contributed by atoms with E-state index < -0.39 is 13.4 Å². The van der Waals surface area contributed by atoms with Gasteiger partial charge in [-0.15, -0.1) is 0 Å². The topological polar surface area (TPSA) is 56.8 Å². The Morgan fingerprint density at radius 1 is 1.12 bits per heavy atom. The van der Waals surface area contributed by atoms with Crippen LogP contribution >= 0.6 is 23.5 Å². The Kier molecular flexibility index (Phi) is 6.18. The van der Waals surface area contributed by atoms with Crippen LogP contribution in [0.3, 0.4) is 0 Å². The number of benzene rings is 2. The second-order valence-corrected chi connectivity index (χ2v) is 8.64. The van der Waals surface area contributed by atoms with Crippen LogP contribution in [0.25, 0.3) is 0 Å². The van der Waals surface area contributed by atoms with Gasteiger partial charge < -0.3 is 19.1 Å². The van der Waals surface area contributed by atoms with Crippen LogP contribution < -0.4 is 10.1 Å². The maximum Gasteiger partial charge on any atom is 0.357 e. The molecule has 1 aliphatic rings. The van der Waals surface area contributed by atoms with Crippen molar-refractivity contribution in [3.63, 3.8) is 0 Å². The molecule has 1 unspecified atom stereocenters. The van der Waals surface area contributed by atoms with Crippen molar-refractivity contribution in [3.05, 3.63) is 58.6 Å². The van der Waals surface area contributed by atoms with Crippen LogP contribution in [0.1, 0.15) is 24.7 Å². The fourth-order valence-electron chi connectivity index (χ4n) is 2.59. The monoisotopic (exact) mass is 425 g/mol. The molecule has 0 aliphatic carbocycles. The molecule has 0 radical (unpaired) electrons. The maximum atomic E-state index is 13.3. The Balaban J connectivity index is 1.90. The van der Waals surface area contributed by atoms with Gasteiger partial charge in [-0.1, -0.05) is 28.1 Å². The molecule has 1 atom stereocenters. The van der Waals surface area contributed by atoms with E-state index in [9.17, 15) is 4.57 Å². The van der Waals surface area contributed by atoms with Crippen molar-refractivity contribution in [3.8, 4) is 5.75 Å². The van der Waals surface area contributed by atoms with Gasteiger partial charge in [0.1, 0.15) is 5.75 Å². The summed E-state index contributed by atoms with van der Waals surface area (Å²) in [6.45, 7) is 3.41. The molecule has 2 aromatic carbocycles. The van der Waals surface area contributed by atoms with Crippen molar-refractivity contribution in [2.45, 2.75) is 19.1 Å². The summed E-state index contributed by atoms with van der Waals surface area (Å²) in [6.07, 6.45) is 0.748. The molecule has 0 aromatic heterocycles. The van der Waals surface area contributed by atoms with Crippen LogP contribution in [0.2, 0.25) is 0 Å². The molecule has 5 nitrogen and oxygen atoms in total. The minimum Gasteiger partial charge on any atom is -0.494 e. The van der Waals surface area contributed by atoms with Gasteiger partial charge in [-0.2, -0.15) is 0 Å². The number of halogens is 1. The quantitative estimate of drug-likeness (QED) is 0.611. The van der Waals surface area contributed by atoms with E-state index in [0.717, 1.165) is 27.9 Å². The summed E-state index contributed by atoms with van der Waals surface area (Å²) in [7, 11) is -3.32. The first-order chi connectivity index (χ1) is 12.1. The molecule has 1 saturated heterocycles. The second kappa shape index (κ2) is 8.37. The summed E-state index contributed by atoms with van der Waals surface area (Å²) in [6, 6.07) is 15.2. The first-order valence-corrected chi connectivity index (χ1v) is 10.6. The van der Waals surface area contributed by atoms with E-state index in [1.807, 2.05) is 55.5 Å². The summed E-state index contributed by atoms with van der Waals surface area (Å²) < 4.78 is 30.9. The predicted molar refractivity (Wildman–Crippen MR) is 102 cm³/mol. The van der Waals surface area contributed by atoms with Gasteiger partial charge in [0.25, 0.3) is 0 Å². The molecule has 25 heavy (non-hydrogen) atoms. The number of ether oxygens (including phenoxy) is 1. The Bertz CT molecular complexity index is 726. The molecule has 1 fully saturated rings. The Morgan fingerprint density at radius 3 is 2.36 bits per heavy atom. The Morgan fingerprint density at radius 2 is 1.76 bits per heavy atom. The van der Waals surface area contributed by atoms with Crippen molar-refractivity contribution in [2.24, 2.45) is 0 Å². The number of rotatable bonds is 6. The highest BCUT2D eigenvalue weighted by Gasteiger charge is 2.39. The van der Waals surface area contributed by atoms with Crippen molar-refractivity contribution in [1.82, 2.24) is 0 Å². The highest BCUT2D eigenvalue weighted by molar-refractivity contribution is 9.10. The lowest BCUT2D eigenvalue weighted by Crippen LogP contribution is -2.19. The molecule has 3 rings (SSSR count). The van der Waals surface area contributed by atoms with Crippen LogP contribution in [-0.2, 0) is 13.6 Å². The van der Waals surface area contributed by atoms with Crippen LogP contribution in [0.15, 0.2) is 53.0 Å². The molecule has 0 saturated carbocycles. The third-order valence-electron chi connectivity index (χ3n) is 3.80. The standard InChI is InChI=1S/C18H21BrNO4P/c1-2-22-17-10-4-14(5-11-17)18(25(21)23-12-3-13-24-25)20-16-8-6-15(19)7-9-16/h4-11,18,20H,2-3,12-13H2,1H3. The summed E-state index contributed by atoms with van der Waals surface area (Å²) in [5, 5.41) is 3.31. The van der Waals surface area contributed by atoms with E-state index >= 15 is 0 Å². The van der Waals surface area contributed by atoms with E-state index in [0.29, 0.717) is 19.8 Å². The number of nitrogens with one attached hydrogen (secondary N) is 1. The lowest BCUT2D eigenvalue weighted by Gasteiger charge is -2.31. The van der Waals surface area contributed by atoms with E-state index in [-0.39, 0.29) is 0 Å². The average Bonchev–Trinajstić information content (AvgIpc) is 2.63. The second-order valence-electron chi connectivity index (χ2n) is 5.62. The largest absolute Gasteiger partial charge is 0.494 e. The minimum absolute atomic E-state index is 0.437. The average molecular weight is 426 g/mol. The fraction of sp³-hybridized carbons (Fsp3) is 0.333. The highest BCUT2D eigenvalue weighted by Crippen LogP contribution is 2.62. The van der Waals surface area contributed by atoms with Gasteiger partial charge in [0, 0.05) is 10.2 Å². The molecule has 0 amide bonds. The Labute approximate surface area is 156 Å². The molecule has 0 bridgehead atoms. The van der Waals surface area contributed by atoms with Gasteiger partial charge in [-0.25, -0.2) is 0 Å². The molecule has 1 heterocycles. The van der Waals surface area contributed by atoms with Gasteiger partial charge in [0.15, 0.2) is 5.78 Å². The van der Waals surface area contributed by atoms with Gasteiger partial charge in [-0.05, 0) is 55.3 Å². The van der Waals surface area contributed by atoms with Gasteiger partial charge in [-0.3, -0.25) is 4.57 Å². The first kappa shape index (κ1) is 18.5. The zero-order valence-corrected chi connectivity index (χ0v) is 16.5. The van der Waals surface area contributed by atoms with Crippen molar-refractivity contribution in [2.75, 3.05) is 25.1 Å². The van der Waals surface area contributed by atoms with Crippen LogP contribution in [0.5, 0.6) is 5.75 Å². The summed E-state index contributed by atoms with van der Waals surface area (Å²) in [5.74, 6) is 0.196. The SMILES string of the molecule is CCOc1ccc(C(Nc2ccc(Br)cc2)P2(=O)OCCCO2)cc1. The number of anilines is 1. The van der Waals surface area contributed by atoms with E-state index in [2.05, 4.69) is 21.2 Å². The molecule has 1 N–H and O–H groups in total. The highest BCUT2D eigenvalue weighted by atomic mass is 79.9. The molecule has 0 spiro atoms. The zero-order chi connectivity index (χ0) is 17.7. The van der Waals surface area contributed by atoms with E-state index in [1.165, 1.54) is 0 Å². The molecule has 2 aromatic rings. The molecule has 7 heteroatoms.